The molecule has 3 aromatic rings. The second-order valence-corrected chi connectivity index (χ2v) is 9.57. The number of pyridine rings is 1. The topological polar surface area (TPSA) is 119 Å². The van der Waals surface area contributed by atoms with Gasteiger partial charge in [0, 0.05) is 37.0 Å². The summed E-state index contributed by atoms with van der Waals surface area (Å²) in [5, 5.41) is 21.8. The van der Waals surface area contributed by atoms with Crippen molar-refractivity contribution in [1.29, 1.82) is 5.26 Å². The fourth-order valence-corrected chi connectivity index (χ4v) is 4.31. The van der Waals surface area contributed by atoms with E-state index in [1.165, 1.54) is 0 Å². The van der Waals surface area contributed by atoms with E-state index in [4.69, 9.17) is 10.00 Å². The van der Waals surface area contributed by atoms with Crippen LogP contribution in [0.5, 0.6) is 5.88 Å². The summed E-state index contributed by atoms with van der Waals surface area (Å²) < 4.78 is 6.29. The maximum absolute atomic E-state index is 13.6. The molecule has 0 saturated heterocycles. The third kappa shape index (κ3) is 5.93. The van der Waals surface area contributed by atoms with Crippen LogP contribution in [0, 0.1) is 17.2 Å². The normalized spacial score (nSPS) is 17.8. The Labute approximate surface area is 222 Å². The molecule has 0 bridgehead atoms. The summed E-state index contributed by atoms with van der Waals surface area (Å²) in [6, 6.07) is 19.3. The zero-order valence-corrected chi connectivity index (χ0v) is 21.7. The van der Waals surface area contributed by atoms with Gasteiger partial charge in [-0.2, -0.15) is 5.26 Å². The molecule has 0 unspecified atom stereocenters. The van der Waals surface area contributed by atoms with Gasteiger partial charge in [0.15, 0.2) is 0 Å². The Morgan fingerprint density at radius 2 is 1.95 bits per heavy atom. The lowest BCUT2D eigenvalue weighted by Crippen LogP contribution is -2.50. The van der Waals surface area contributed by atoms with Crippen molar-refractivity contribution in [2.45, 2.75) is 26.0 Å². The second kappa shape index (κ2) is 11.8. The van der Waals surface area contributed by atoms with Crippen LogP contribution in [-0.4, -0.2) is 70.7 Å². The molecule has 9 heteroatoms. The minimum Gasteiger partial charge on any atom is -0.472 e. The van der Waals surface area contributed by atoms with Gasteiger partial charge < -0.3 is 25.0 Å². The van der Waals surface area contributed by atoms with Gasteiger partial charge in [0.05, 0.1) is 30.8 Å². The Balaban J connectivity index is 1.63. The molecule has 3 atom stereocenters. The van der Waals surface area contributed by atoms with E-state index >= 15 is 0 Å². The molecule has 3 amide bonds. The van der Waals surface area contributed by atoms with Crippen LogP contribution in [0.2, 0.25) is 0 Å². The number of anilines is 1. The number of likely N-dealkylation sites (N-methyl/N-ethyl adjacent to an activating group) is 1. The van der Waals surface area contributed by atoms with E-state index in [2.05, 4.69) is 16.4 Å². The van der Waals surface area contributed by atoms with Gasteiger partial charge in [-0.3, -0.25) is 4.79 Å². The molecule has 2 N–H and O–H groups in total. The van der Waals surface area contributed by atoms with E-state index in [-0.39, 0.29) is 42.5 Å². The van der Waals surface area contributed by atoms with Crippen LogP contribution in [0.15, 0.2) is 66.9 Å². The summed E-state index contributed by atoms with van der Waals surface area (Å²) >= 11 is 0. The van der Waals surface area contributed by atoms with Crippen molar-refractivity contribution >= 4 is 17.6 Å². The number of hydrogen-bond donors (Lipinski definition) is 2. The van der Waals surface area contributed by atoms with Crippen molar-refractivity contribution in [1.82, 2.24) is 14.8 Å². The predicted molar refractivity (Wildman–Crippen MR) is 144 cm³/mol. The number of para-hydroxylation sites is 1. The standard InChI is InChI=1S/C29H31N5O4/c1-19-16-34(20(2)18-35)28(36)25-13-23(22-11-9-21(14-30)10-12-22)15-31-27(25)38-26(19)17-33(3)29(37)32-24-7-5-4-6-8-24/h4-13,15,19-20,26,35H,16-18H2,1-3H3,(H,32,37)/t19-,20-,26-/m1/s1. The zero-order valence-electron chi connectivity index (χ0n) is 21.7. The Bertz CT molecular complexity index is 1320. The Morgan fingerprint density at radius 1 is 1.24 bits per heavy atom. The van der Waals surface area contributed by atoms with Crippen molar-refractivity contribution in [3.63, 3.8) is 0 Å². The van der Waals surface area contributed by atoms with Gasteiger partial charge in [-0.05, 0) is 42.8 Å². The molecule has 2 heterocycles. The largest absolute Gasteiger partial charge is 0.472 e. The molecule has 0 fully saturated rings. The molecule has 196 valence electrons. The zero-order chi connectivity index (χ0) is 27.2. The molecule has 38 heavy (non-hydrogen) atoms. The summed E-state index contributed by atoms with van der Waals surface area (Å²) in [5.41, 5.74) is 3.00. The minimum atomic E-state index is -0.463. The molecule has 2 aromatic carbocycles. The molecule has 0 spiro atoms. The third-order valence-electron chi connectivity index (χ3n) is 6.69. The average Bonchev–Trinajstić information content (AvgIpc) is 2.94. The number of aromatic nitrogens is 1. The molecule has 1 aliphatic heterocycles. The van der Waals surface area contributed by atoms with Crippen molar-refractivity contribution < 1.29 is 19.4 Å². The molecule has 1 aromatic heterocycles. The number of fused-ring (bicyclic) bond motifs is 1. The number of hydrogen-bond acceptors (Lipinski definition) is 6. The first-order valence-corrected chi connectivity index (χ1v) is 12.5. The third-order valence-corrected chi connectivity index (χ3v) is 6.69. The van der Waals surface area contributed by atoms with Crippen LogP contribution >= 0.6 is 0 Å². The molecule has 0 radical (unpaired) electrons. The lowest BCUT2D eigenvalue weighted by Gasteiger charge is -2.37. The fourth-order valence-electron chi connectivity index (χ4n) is 4.31. The number of rotatable bonds is 6. The van der Waals surface area contributed by atoms with Gasteiger partial charge in [0.1, 0.15) is 11.7 Å². The van der Waals surface area contributed by atoms with Gasteiger partial charge in [-0.1, -0.05) is 37.3 Å². The number of amides is 3. The van der Waals surface area contributed by atoms with Gasteiger partial charge in [-0.25, -0.2) is 9.78 Å². The van der Waals surface area contributed by atoms with Crippen molar-refractivity contribution in [3.05, 3.63) is 78.0 Å². The van der Waals surface area contributed by atoms with Crippen LogP contribution < -0.4 is 10.1 Å². The molecule has 0 aliphatic carbocycles. The number of benzene rings is 2. The van der Waals surface area contributed by atoms with Gasteiger partial charge in [0.2, 0.25) is 5.88 Å². The summed E-state index contributed by atoms with van der Waals surface area (Å²) in [6.45, 7) is 4.14. The van der Waals surface area contributed by atoms with Crippen molar-refractivity contribution in [2.24, 2.45) is 5.92 Å². The molecule has 0 saturated carbocycles. The van der Waals surface area contributed by atoms with Crippen molar-refractivity contribution in [2.75, 3.05) is 32.1 Å². The van der Waals surface area contributed by atoms with Crippen molar-refractivity contribution in [3.8, 4) is 23.1 Å². The number of nitriles is 1. The monoisotopic (exact) mass is 513 g/mol. The number of nitrogens with zero attached hydrogens (tertiary/aromatic N) is 4. The maximum atomic E-state index is 13.6. The number of aliphatic hydroxyl groups is 1. The Morgan fingerprint density at radius 3 is 2.61 bits per heavy atom. The molecule has 4 rings (SSSR count). The number of urea groups is 1. The first-order chi connectivity index (χ1) is 18.3. The maximum Gasteiger partial charge on any atom is 0.321 e. The predicted octanol–water partition coefficient (Wildman–Crippen LogP) is 4.00. The van der Waals surface area contributed by atoms with Crippen LogP contribution in [0.3, 0.4) is 0 Å². The number of ether oxygens (including phenoxy) is 1. The first kappa shape index (κ1) is 26.6. The van der Waals surface area contributed by atoms with Gasteiger partial charge in [-0.15, -0.1) is 0 Å². The summed E-state index contributed by atoms with van der Waals surface area (Å²) in [4.78, 5) is 34.1. The highest BCUT2D eigenvalue weighted by molar-refractivity contribution is 5.98. The van der Waals surface area contributed by atoms with E-state index in [0.29, 0.717) is 23.4 Å². The smallest absolute Gasteiger partial charge is 0.321 e. The number of carbonyl (C=O) groups excluding carboxylic acids is 2. The van der Waals surface area contributed by atoms with Crippen LogP contribution in [0.25, 0.3) is 11.1 Å². The van der Waals surface area contributed by atoms with Crippen LogP contribution in [-0.2, 0) is 0 Å². The van der Waals surface area contributed by atoms with E-state index in [9.17, 15) is 14.7 Å². The highest BCUT2D eigenvalue weighted by Crippen LogP contribution is 2.30. The molecular formula is C29H31N5O4. The van der Waals surface area contributed by atoms with Crippen LogP contribution in [0.4, 0.5) is 10.5 Å². The van der Waals surface area contributed by atoms with Crippen LogP contribution in [0.1, 0.15) is 29.8 Å². The summed E-state index contributed by atoms with van der Waals surface area (Å²) in [6.07, 6.45) is 1.16. The SMILES string of the molecule is C[C@@H]1CN([C@H](C)CO)C(=O)c2cc(-c3ccc(C#N)cc3)cnc2O[C@@H]1CN(C)C(=O)Nc1ccccc1. The highest BCUT2D eigenvalue weighted by Gasteiger charge is 2.34. The second-order valence-electron chi connectivity index (χ2n) is 9.57. The molecule has 1 aliphatic rings. The quantitative estimate of drug-likeness (QED) is 0.514. The molecule has 9 nitrogen and oxygen atoms in total. The Hall–Kier alpha value is -4.42. The van der Waals surface area contributed by atoms with Gasteiger partial charge in [0.25, 0.3) is 5.91 Å². The average molecular weight is 514 g/mol. The fraction of sp³-hybridized carbons (Fsp3) is 0.310. The summed E-state index contributed by atoms with van der Waals surface area (Å²) in [7, 11) is 1.69. The number of aliphatic hydroxyl groups excluding tert-OH is 1. The minimum absolute atomic E-state index is 0.159. The lowest BCUT2D eigenvalue weighted by molar-refractivity contribution is 0.0356. The van der Waals surface area contributed by atoms with E-state index in [0.717, 1.165) is 5.56 Å². The highest BCUT2D eigenvalue weighted by atomic mass is 16.5. The van der Waals surface area contributed by atoms with E-state index in [1.54, 1.807) is 60.3 Å². The first-order valence-electron chi connectivity index (χ1n) is 12.5. The number of nitrogens with one attached hydrogen (secondary N) is 1. The van der Waals surface area contributed by atoms with E-state index < -0.39 is 12.1 Å². The molecular weight excluding hydrogens is 482 g/mol. The van der Waals surface area contributed by atoms with Gasteiger partial charge >= 0.3 is 6.03 Å². The number of carbonyl (C=O) groups is 2. The Kier molecular flexibility index (Phi) is 8.24. The van der Waals surface area contributed by atoms with E-state index in [1.807, 2.05) is 37.3 Å². The lowest BCUT2D eigenvalue weighted by atomic mass is 9.99. The summed E-state index contributed by atoms with van der Waals surface area (Å²) in [5.74, 6) is -0.269.